The summed E-state index contributed by atoms with van der Waals surface area (Å²) in [7, 11) is 3.24. The Morgan fingerprint density at radius 2 is 1.48 bits per heavy atom. The number of hydrogen-bond acceptors (Lipinski definition) is 4. The third-order valence-electron chi connectivity index (χ3n) is 3.49. The Bertz CT molecular complexity index is 693. The summed E-state index contributed by atoms with van der Waals surface area (Å²) in [6, 6.07) is 14.7. The minimum Gasteiger partial charge on any atom is -0.497 e. The Hall–Kier alpha value is -2.95. The average molecular weight is 341 g/mol. The molecule has 0 aromatic heterocycles. The molecule has 0 radical (unpaired) electrons. The Morgan fingerprint density at radius 1 is 0.960 bits per heavy atom. The zero-order valence-corrected chi connectivity index (χ0v) is 14.7. The van der Waals surface area contributed by atoms with E-state index in [1.165, 1.54) is 6.08 Å². The van der Waals surface area contributed by atoms with Crippen molar-refractivity contribution in [1.82, 2.24) is 5.32 Å². The minimum absolute atomic E-state index is 0.116. The molecular weight excluding hydrogens is 318 g/mol. The average Bonchev–Trinajstić information content (AvgIpc) is 2.65. The molecule has 0 fully saturated rings. The summed E-state index contributed by atoms with van der Waals surface area (Å²) < 4.78 is 15.8. The molecule has 0 bridgehead atoms. The minimum atomic E-state index is -0.165. The van der Waals surface area contributed by atoms with E-state index in [4.69, 9.17) is 14.2 Å². The molecule has 0 aliphatic carbocycles. The van der Waals surface area contributed by atoms with E-state index in [9.17, 15) is 4.79 Å². The molecule has 0 unspecified atom stereocenters. The van der Waals surface area contributed by atoms with Crippen molar-refractivity contribution >= 4 is 12.0 Å². The lowest BCUT2D eigenvalue weighted by atomic mass is 10.2. The highest BCUT2D eigenvalue weighted by atomic mass is 16.5. The molecule has 1 amide bonds. The standard InChI is InChI=1S/C20H23NO4/c1-15(14-25-19-11-9-18(24-3)10-12-19)21-20(22)13-6-16-4-7-17(23-2)8-5-16/h4-13,15H,14H2,1-3H3,(H,21,22)/b13-6+/t15-/m0/s1. The summed E-state index contributed by atoms with van der Waals surface area (Å²) in [5.41, 5.74) is 0.929. The Balaban J connectivity index is 1.77. The predicted octanol–water partition coefficient (Wildman–Crippen LogP) is 3.30. The molecule has 0 aliphatic rings. The van der Waals surface area contributed by atoms with E-state index in [2.05, 4.69) is 5.32 Å². The first-order valence-corrected chi connectivity index (χ1v) is 8.00. The number of amides is 1. The van der Waals surface area contributed by atoms with Crippen LogP contribution in [0.25, 0.3) is 6.08 Å². The summed E-state index contributed by atoms with van der Waals surface area (Å²) in [5.74, 6) is 2.13. The smallest absolute Gasteiger partial charge is 0.244 e. The van der Waals surface area contributed by atoms with Crippen LogP contribution in [-0.4, -0.2) is 32.8 Å². The van der Waals surface area contributed by atoms with Crippen molar-refractivity contribution in [3.63, 3.8) is 0 Å². The van der Waals surface area contributed by atoms with Crippen LogP contribution in [0.1, 0.15) is 12.5 Å². The van der Waals surface area contributed by atoms with Crippen LogP contribution in [0, 0.1) is 0 Å². The number of ether oxygens (including phenoxy) is 3. The van der Waals surface area contributed by atoms with Gasteiger partial charge in [-0.2, -0.15) is 0 Å². The van der Waals surface area contributed by atoms with Crippen LogP contribution in [0.2, 0.25) is 0 Å². The largest absolute Gasteiger partial charge is 0.497 e. The fourth-order valence-electron chi connectivity index (χ4n) is 2.11. The number of carbonyl (C=O) groups excluding carboxylic acids is 1. The van der Waals surface area contributed by atoms with Gasteiger partial charge in [-0.3, -0.25) is 4.79 Å². The second-order valence-electron chi connectivity index (χ2n) is 5.50. The number of rotatable bonds is 8. The van der Waals surface area contributed by atoms with E-state index in [1.807, 2.05) is 55.5 Å². The fourth-order valence-corrected chi connectivity index (χ4v) is 2.11. The quantitative estimate of drug-likeness (QED) is 0.749. The first-order valence-electron chi connectivity index (χ1n) is 8.00. The molecule has 0 aliphatic heterocycles. The number of methoxy groups -OCH3 is 2. The van der Waals surface area contributed by atoms with Gasteiger partial charge in [0.1, 0.15) is 23.9 Å². The highest BCUT2D eigenvalue weighted by molar-refractivity contribution is 5.91. The lowest BCUT2D eigenvalue weighted by molar-refractivity contribution is -0.117. The molecule has 132 valence electrons. The second kappa shape index (κ2) is 9.37. The molecule has 0 saturated carbocycles. The second-order valence-corrected chi connectivity index (χ2v) is 5.50. The molecule has 5 nitrogen and oxygen atoms in total. The van der Waals surface area contributed by atoms with Crippen molar-refractivity contribution in [1.29, 1.82) is 0 Å². The lowest BCUT2D eigenvalue weighted by Crippen LogP contribution is -2.35. The number of nitrogens with one attached hydrogen (secondary N) is 1. The van der Waals surface area contributed by atoms with Crippen LogP contribution >= 0.6 is 0 Å². The van der Waals surface area contributed by atoms with Gasteiger partial charge in [-0.1, -0.05) is 12.1 Å². The van der Waals surface area contributed by atoms with Gasteiger partial charge in [-0.15, -0.1) is 0 Å². The van der Waals surface area contributed by atoms with Gasteiger partial charge in [0.05, 0.1) is 20.3 Å². The summed E-state index contributed by atoms with van der Waals surface area (Å²) in [4.78, 5) is 12.0. The molecular formula is C20H23NO4. The maximum Gasteiger partial charge on any atom is 0.244 e. The highest BCUT2D eigenvalue weighted by Gasteiger charge is 2.06. The molecule has 1 N–H and O–H groups in total. The summed E-state index contributed by atoms with van der Waals surface area (Å²) in [6.07, 6.45) is 3.26. The monoisotopic (exact) mass is 341 g/mol. The number of carbonyl (C=O) groups is 1. The van der Waals surface area contributed by atoms with E-state index in [1.54, 1.807) is 20.3 Å². The van der Waals surface area contributed by atoms with Gasteiger partial charge in [0, 0.05) is 6.08 Å². The SMILES string of the molecule is COc1ccc(/C=C/C(=O)N[C@@H](C)COc2ccc(OC)cc2)cc1. The maximum absolute atomic E-state index is 12.0. The van der Waals surface area contributed by atoms with E-state index in [0.29, 0.717) is 6.61 Å². The van der Waals surface area contributed by atoms with E-state index < -0.39 is 0 Å². The van der Waals surface area contributed by atoms with Crippen LogP contribution in [0.5, 0.6) is 17.2 Å². The van der Waals surface area contributed by atoms with Gasteiger partial charge >= 0.3 is 0 Å². The first kappa shape index (κ1) is 18.4. The van der Waals surface area contributed by atoms with Gasteiger partial charge in [-0.05, 0) is 55.0 Å². The first-order chi connectivity index (χ1) is 12.1. The van der Waals surface area contributed by atoms with Crippen LogP contribution in [0.15, 0.2) is 54.6 Å². The normalized spacial score (nSPS) is 11.8. The van der Waals surface area contributed by atoms with Crippen LogP contribution in [-0.2, 0) is 4.79 Å². The van der Waals surface area contributed by atoms with Gasteiger partial charge in [-0.25, -0.2) is 0 Å². The molecule has 5 heteroatoms. The Morgan fingerprint density at radius 3 is 2.04 bits per heavy atom. The summed E-state index contributed by atoms with van der Waals surface area (Å²) in [5, 5.41) is 2.87. The third-order valence-corrected chi connectivity index (χ3v) is 3.49. The summed E-state index contributed by atoms with van der Waals surface area (Å²) >= 11 is 0. The molecule has 0 saturated heterocycles. The maximum atomic E-state index is 12.0. The van der Waals surface area contributed by atoms with Crippen molar-refractivity contribution in [3.05, 3.63) is 60.2 Å². The lowest BCUT2D eigenvalue weighted by Gasteiger charge is -2.14. The molecule has 0 heterocycles. The van der Waals surface area contributed by atoms with Crippen LogP contribution < -0.4 is 19.5 Å². The van der Waals surface area contributed by atoms with Crippen molar-refractivity contribution in [2.45, 2.75) is 13.0 Å². The molecule has 2 aromatic carbocycles. The molecule has 2 aromatic rings. The van der Waals surface area contributed by atoms with Gasteiger partial charge in [0.25, 0.3) is 0 Å². The Labute approximate surface area is 148 Å². The molecule has 1 atom stereocenters. The molecule has 0 spiro atoms. The van der Waals surface area contributed by atoms with E-state index in [-0.39, 0.29) is 11.9 Å². The molecule has 25 heavy (non-hydrogen) atoms. The summed E-state index contributed by atoms with van der Waals surface area (Å²) in [6.45, 7) is 2.27. The van der Waals surface area contributed by atoms with Gasteiger partial charge in [0.15, 0.2) is 0 Å². The third kappa shape index (κ3) is 6.22. The predicted molar refractivity (Wildman–Crippen MR) is 98.1 cm³/mol. The zero-order chi connectivity index (χ0) is 18.1. The van der Waals surface area contributed by atoms with Gasteiger partial charge < -0.3 is 19.5 Å². The number of hydrogen-bond donors (Lipinski definition) is 1. The van der Waals surface area contributed by atoms with Crippen molar-refractivity contribution in [2.24, 2.45) is 0 Å². The van der Waals surface area contributed by atoms with Crippen molar-refractivity contribution in [2.75, 3.05) is 20.8 Å². The van der Waals surface area contributed by atoms with E-state index in [0.717, 1.165) is 22.8 Å². The highest BCUT2D eigenvalue weighted by Crippen LogP contribution is 2.17. The fraction of sp³-hybridized carbons (Fsp3) is 0.250. The topological polar surface area (TPSA) is 56.8 Å². The van der Waals surface area contributed by atoms with Crippen molar-refractivity contribution < 1.29 is 19.0 Å². The van der Waals surface area contributed by atoms with Crippen LogP contribution in [0.3, 0.4) is 0 Å². The molecule has 2 rings (SSSR count). The van der Waals surface area contributed by atoms with Crippen LogP contribution in [0.4, 0.5) is 0 Å². The van der Waals surface area contributed by atoms with E-state index >= 15 is 0 Å². The van der Waals surface area contributed by atoms with Gasteiger partial charge in [0.2, 0.25) is 5.91 Å². The number of benzene rings is 2. The Kier molecular flexibility index (Phi) is 6.89. The zero-order valence-electron chi connectivity index (χ0n) is 14.7. The van der Waals surface area contributed by atoms with Crippen molar-refractivity contribution in [3.8, 4) is 17.2 Å².